The van der Waals surface area contributed by atoms with Crippen LogP contribution in [0.15, 0.2) is 0 Å². The van der Waals surface area contributed by atoms with Gasteiger partial charge in [-0.3, -0.25) is 0 Å². The van der Waals surface area contributed by atoms with Gasteiger partial charge in [0.05, 0.1) is 12.7 Å². The molecule has 0 radical (unpaired) electrons. The van der Waals surface area contributed by atoms with E-state index in [0.717, 1.165) is 19.2 Å². The van der Waals surface area contributed by atoms with Gasteiger partial charge >= 0.3 is 0 Å². The average Bonchev–Trinajstić information content (AvgIpc) is 2.43. The van der Waals surface area contributed by atoms with Crippen LogP contribution in [-0.2, 0) is 4.74 Å². The summed E-state index contributed by atoms with van der Waals surface area (Å²) in [7, 11) is 2.21. The molecule has 2 nitrogen and oxygen atoms in total. The lowest BCUT2D eigenvalue weighted by Crippen LogP contribution is -2.39. The minimum Gasteiger partial charge on any atom is -0.372 e. The van der Waals surface area contributed by atoms with Gasteiger partial charge in [0.25, 0.3) is 0 Å². The Labute approximate surface area is 62.2 Å². The lowest BCUT2D eigenvalue weighted by molar-refractivity contribution is 0.148. The summed E-state index contributed by atoms with van der Waals surface area (Å²) in [6, 6.07) is 0.879. The quantitative estimate of drug-likeness (QED) is 0.542. The van der Waals surface area contributed by atoms with Crippen molar-refractivity contribution in [3.63, 3.8) is 0 Å². The Balaban J connectivity index is 1.69. The van der Waals surface area contributed by atoms with Crippen LogP contribution < -0.4 is 0 Å². The predicted octanol–water partition coefficient (Wildman–Crippen LogP) is 0.869. The highest BCUT2D eigenvalue weighted by Gasteiger charge is 2.29. The molecule has 1 aliphatic heterocycles. The summed E-state index contributed by atoms with van der Waals surface area (Å²) in [5.74, 6) is 0. The Bertz CT molecular complexity index is 118. The molecule has 2 heteroatoms. The smallest absolute Gasteiger partial charge is 0.0936 e. The Hall–Kier alpha value is -0.0800. The first-order chi connectivity index (χ1) is 4.86. The van der Waals surface area contributed by atoms with Crippen molar-refractivity contribution < 1.29 is 4.74 Å². The molecule has 0 bridgehead atoms. The topological polar surface area (TPSA) is 15.8 Å². The van der Waals surface area contributed by atoms with Crippen LogP contribution in [0, 0.1) is 0 Å². The second kappa shape index (κ2) is 2.51. The highest BCUT2D eigenvalue weighted by molar-refractivity contribution is 4.82. The van der Waals surface area contributed by atoms with Gasteiger partial charge in [0.15, 0.2) is 0 Å². The largest absolute Gasteiger partial charge is 0.372 e. The molecule has 1 aliphatic carbocycles. The third-order valence-corrected chi connectivity index (χ3v) is 2.59. The number of rotatable bonds is 3. The first-order valence-electron chi connectivity index (χ1n) is 4.18. The summed E-state index contributed by atoms with van der Waals surface area (Å²) in [4.78, 5) is 2.45. The maximum Gasteiger partial charge on any atom is 0.0936 e. The number of nitrogens with zero attached hydrogens (tertiary/aromatic N) is 1. The zero-order chi connectivity index (χ0) is 6.97. The lowest BCUT2D eigenvalue weighted by Gasteiger charge is -2.34. The highest BCUT2D eigenvalue weighted by atomic mass is 16.6. The van der Waals surface area contributed by atoms with E-state index in [2.05, 4.69) is 11.9 Å². The van der Waals surface area contributed by atoms with Gasteiger partial charge in [-0.15, -0.1) is 0 Å². The summed E-state index contributed by atoms with van der Waals surface area (Å²) in [6.45, 7) is 2.15. The number of epoxide rings is 1. The van der Waals surface area contributed by atoms with Crippen LogP contribution in [0.2, 0.25) is 0 Å². The molecule has 2 aliphatic rings. The molecule has 0 amide bonds. The first-order valence-corrected chi connectivity index (χ1v) is 4.18. The van der Waals surface area contributed by atoms with Crippen LogP contribution >= 0.6 is 0 Å². The van der Waals surface area contributed by atoms with Crippen LogP contribution in [0.1, 0.15) is 19.3 Å². The molecule has 0 spiro atoms. The average molecular weight is 141 g/mol. The van der Waals surface area contributed by atoms with E-state index < -0.39 is 0 Å². The van der Waals surface area contributed by atoms with E-state index in [9.17, 15) is 0 Å². The fourth-order valence-corrected chi connectivity index (χ4v) is 1.47. The van der Waals surface area contributed by atoms with Crippen LogP contribution in [0.25, 0.3) is 0 Å². The minimum absolute atomic E-state index is 0.575. The zero-order valence-corrected chi connectivity index (χ0v) is 6.55. The number of likely N-dealkylation sites (N-methyl/N-ethyl adjacent to an activating group) is 1. The molecule has 1 saturated heterocycles. The number of hydrogen-bond donors (Lipinski definition) is 0. The Morgan fingerprint density at radius 3 is 2.60 bits per heavy atom. The maximum absolute atomic E-state index is 5.16. The standard InChI is InChI=1S/C8H15NO/c1-9(5-8-6-10-8)7-3-2-4-7/h7-8H,2-6H2,1H3. The minimum atomic E-state index is 0.575. The first kappa shape index (κ1) is 6.62. The molecule has 0 aromatic rings. The van der Waals surface area contributed by atoms with Crippen molar-refractivity contribution in [2.45, 2.75) is 31.4 Å². The fourth-order valence-electron chi connectivity index (χ4n) is 1.47. The second-order valence-corrected chi connectivity index (χ2v) is 3.48. The molecule has 1 heterocycles. The predicted molar refractivity (Wildman–Crippen MR) is 40.0 cm³/mol. The molecular formula is C8H15NO. The maximum atomic E-state index is 5.16. The zero-order valence-electron chi connectivity index (χ0n) is 6.55. The lowest BCUT2D eigenvalue weighted by atomic mass is 9.92. The van der Waals surface area contributed by atoms with Crippen molar-refractivity contribution in [3.05, 3.63) is 0 Å². The van der Waals surface area contributed by atoms with Crippen LogP contribution in [0.3, 0.4) is 0 Å². The normalized spacial score (nSPS) is 32.4. The fraction of sp³-hybridized carbons (Fsp3) is 1.00. The Morgan fingerprint density at radius 2 is 2.20 bits per heavy atom. The van der Waals surface area contributed by atoms with Crippen molar-refractivity contribution in [1.29, 1.82) is 0 Å². The SMILES string of the molecule is CN(CC1CO1)C1CCC1. The van der Waals surface area contributed by atoms with Gasteiger partial charge in [-0.1, -0.05) is 6.42 Å². The Morgan fingerprint density at radius 1 is 1.50 bits per heavy atom. The van der Waals surface area contributed by atoms with Gasteiger partial charge in [-0.2, -0.15) is 0 Å². The molecule has 2 fully saturated rings. The summed E-state index contributed by atoms with van der Waals surface area (Å²) in [5, 5.41) is 0. The monoisotopic (exact) mass is 141 g/mol. The van der Waals surface area contributed by atoms with Crippen LogP contribution in [-0.4, -0.2) is 37.2 Å². The van der Waals surface area contributed by atoms with Gasteiger partial charge in [0.1, 0.15) is 0 Å². The van der Waals surface area contributed by atoms with Crippen molar-refractivity contribution in [2.24, 2.45) is 0 Å². The van der Waals surface area contributed by atoms with E-state index in [1.165, 1.54) is 19.3 Å². The molecule has 10 heavy (non-hydrogen) atoms. The summed E-state index contributed by atoms with van der Waals surface area (Å²) in [5.41, 5.74) is 0. The second-order valence-electron chi connectivity index (χ2n) is 3.48. The van der Waals surface area contributed by atoms with E-state index in [1.807, 2.05) is 0 Å². The van der Waals surface area contributed by atoms with Crippen molar-refractivity contribution >= 4 is 0 Å². The van der Waals surface area contributed by atoms with Crippen LogP contribution in [0.5, 0.6) is 0 Å². The van der Waals surface area contributed by atoms with Gasteiger partial charge in [0.2, 0.25) is 0 Å². The molecular weight excluding hydrogens is 126 g/mol. The molecule has 1 atom stereocenters. The van der Waals surface area contributed by atoms with Gasteiger partial charge in [0, 0.05) is 12.6 Å². The summed E-state index contributed by atoms with van der Waals surface area (Å²) < 4.78 is 5.16. The van der Waals surface area contributed by atoms with E-state index in [4.69, 9.17) is 4.74 Å². The summed E-state index contributed by atoms with van der Waals surface area (Å²) in [6.07, 6.45) is 4.82. The number of ether oxygens (including phenoxy) is 1. The molecule has 0 aromatic carbocycles. The van der Waals surface area contributed by atoms with E-state index in [0.29, 0.717) is 6.10 Å². The van der Waals surface area contributed by atoms with Crippen molar-refractivity contribution in [2.75, 3.05) is 20.2 Å². The van der Waals surface area contributed by atoms with Gasteiger partial charge in [-0.25, -0.2) is 0 Å². The Kier molecular flexibility index (Phi) is 1.66. The molecule has 0 N–H and O–H groups in total. The van der Waals surface area contributed by atoms with E-state index >= 15 is 0 Å². The molecule has 2 rings (SSSR count). The molecule has 0 aromatic heterocycles. The van der Waals surface area contributed by atoms with Crippen molar-refractivity contribution in [3.8, 4) is 0 Å². The number of hydrogen-bond acceptors (Lipinski definition) is 2. The van der Waals surface area contributed by atoms with Gasteiger partial charge < -0.3 is 9.64 Å². The van der Waals surface area contributed by atoms with E-state index in [-0.39, 0.29) is 0 Å². The molecule has 1 unspecified atom stereocenters. The van der Waals surface area contributed by atoms with Crippen molar-refractivity contribution in [1.82, 2.24) is 4.90 Å². The third kappa shape index (κ3) is 1.32. The highest BCUT2D eigenvalue weighted by Crippen LogP contribution is 2.24. The molecule has 1 saturated carbocycles. The molecule has 58 valence electrons. The van der Waals surface area contributed by atoms with E-state index in [1.54, 1.807) is 0 Å². The summed E-state index contributed by atoms with van der Waals surface area (Å²) >= 11 is 0. The van der Waals surface area contributed by atoms with Crippen LogP contribution in [0.4, 0.5) is 0 Å². The van der Waals surface area contributed by atoms with Gasteiger partial charge in [-0.05, 0) is 19.9 Å². The third-order valence-electron chi connectivity index (χ3n) is 2.59.